The summed E-state index contributed by atoms with van der Waals surface area (Å²) >= 11 is 0. The van der Waals surface area contributed by atoms with Crippen LogP contribution in [0.15, 0.2) is 41.7 Å². The van der Waals surface area contributed by atoms with Crippen LogP contribution >= 0.6 is 0 Å². The molecule has 8 nitrogen and oxygen atoms in total. The Bertz CT molecular complexity index is 1080. The highest BCUT2D eigenvalue weighted by atomic mass is 16.1. The van der Waals surface area contributed by atoms with Crippen molar-refractivity contribution in [2.75, 3.05) is 5.43 Å². The summed E-state index contributed by atoms with van der Waals surface area (Å²) in [4.78, 5) is 32.9. The van der Waals surface area contributed by atoms with Gasteiger partial charge in [0.1, 0.15) is 17.7 Å². The van der Waals surface area contributed by atoms with E-state index in [9.17, 15) is 4.79 Å². The summed E-state index contributed by atoms with van der Waals surface area (Å²) in [6, 6.07) is 7.32. The van der Waals surface area contributed by atoms with E-state index < -0.39 is 0 Å². The Morgan fingerprint density at radius 2 is 2.08 bits per heavy atom. The molecule has 0 atom stereocenters. The molecule has 3 heterocycles. The number of para-hydroxylation sites is 1. The number of aromatic nitrogens is 6. The molecule has 120 valence electrons. The Hall–Kier alpha value is -3.29. The lowest BCUT2D eigenvalue weighted by Gasteiger charge is -2.14. The van der Waals surface area contributed by atoms with E-state index in [0.717, 1.165) is 6.42 Å². The van der Waals surface area contributed by atoms with Crippen molar-refractivity contribution in [3.05, 3.63) is 53.1 Å². The third-order valence-corrected chi connectivity index (χ3v) is 3.76. The summed E-state index contributed by atoms with van der Waals surface area (Å²) < 4.78 is 1.45. The zero-order valence-electron chi connectivity index (χ0n) is 13.0. The predicted octanol–water partition coefficient (Wildman–Crippen LogP) is 1.89. The Labute approximate surface area is 136 Å². The van der Waals surface area contributed by atoms with E-state index in [1.54, 1.807) is 12.4 Å². The van der Waals surface area contributed by atoms with Crippen LogP contribution in [-0.2, 0) is 6.42 Å². The van der Waals surface area contributed by atoms with Crippen molar-refractivity contribution in [3.63, 3.8) is 0 Å². The molecule has 0 saturated heterocycles. The monoisotopic (exact) mass is 321 g/mol. The first-order chi connectivity index (χ1) is 11.8. The second kappa shape index (κ2) is 5.73. The number of hydrogen-bond acceptors (Lipinski definition) is 6. The molecule has 0 spiro atoms. The lowest BCUT2D eigenvalue weighted by Crippen LogP contribution is -2.31. The van der Waals surface area contributed by atoms with Crippen LogP contribution in [0.25, 0.3) is 22.1 Å². The van der Waals surface area contributed by atoms with Crippen molar-refractivity contribution >= 4 is 27.9 Å². The van der Waals surface area contributed by atoms with E-state index in [1.165, 1.54) is 11.0 Å². The van der Waals surface area contributed by atoms with Crippen LogP contribution in [-0.4, -0.2) is 29.6 Å². The van der Waals surface area contributed by atoms with E-state index in [-0.39, 0.29) is 5.56 Å². The third kappa shape index (κ3) is 2.28. The topological polar surface area (TPSA) is 101 Å². The zero-order valence-corrected chi connectivity index (χ0v) is 13.0. The van der Waals surface area contributed by atoms with Gasteiger partial charge in [-0.15, -0.1) is 0 Å². The highest BCUT2D eigenvalue weighted by Crippen LogP contribution is 2.16. The number of benzene rings is 1. The van der Waals surface area contributed by atoms with Gasteiger partial charge in [-0.2, -0.15) is 0 Å². The van der Waals surface area contributed by atoms with E-state index in [2.05, 4.69) is 30.3 Å². The highest BCUT2D eigenvalue weighted by Gasteiger charge is 2.13. The van der Waals surface area contributed by atoms with E-state index >= 15 is 0 Å². The van der Waals surface area contributed by atoms with Crippen molar-refractivity contribution < 1.29 is 0 Å². The van der Waals surface area contributed by atoms with Gasteiger partial charge in [0.15, 0.2) is 11.5 Å². The maximum absolute atomic E-state index is 12.9. The average Bonchev–Trinajstić information content (AvgIpc) is 3.08. The predicted molar refractivity (Wildman–Crippen MR) is 90.7 cm³/mol. The van der Waals surface area contributed by atoms with E-state index in [1.807, 2.05) is 25.1 Å². The van der Waals surface area contributed by atoms with Crippen molar-refractivity contribution in [2.24, 2.45) is 0 Å². The van der Waals surface area contributed by atoms with Gasteiger partial charge in [0, 0.05) is 6.42 Å². The normalized spacial score (nSPS) is 11.2. The van der Waals surface area contributed by atoms with Crippen LogP contribution in [0.4, 0.5) is 5.82 Å². The Balaban J connectivity index is 1.91. The Kier molecular flexibility index (Phi) is 3.42. The molecule has 2 N–H and O–H groups in total. The van der Waals surface area contributed by atoms with Gasteiger partial charge in [-0.1, -0.05) is 19.1 Å². The van der Waals surface area contributed by atoms with E-state index in [0.29, 0.717) is 40.1 Å². The molecule has 8 heteroatoms. The molecule has 0 fully saturated rings. The van der Waals surface area contributed by atoms with Gasteiger partial charge in [0.2, 0.25) is 0 Å². The molecule has 0 amide bonds. The summed E-state index contributed by atoms with van der Waals surface area (Å²) in [5.74, 6) is 1.14. The molecule has 4 aromatic rings. The van der Waals surface area contributed by atoms with Gasteiger partial charge in [-0.25, -0.2) is 24.6 Å². The van der Waals surface area contributed by atoms with Crippen LogP contribution in [0.2, 0.25) is 0 Å². The Morgan fingerprint density at radius 1 is 1.21 bits per heavy atom. The molecule has 4 rings (SSSR count). The molecule has 0 aliphatic heterocycles. The fourth-order valence-electron chi connectivity index (χ4n) is 2.64. The van der Waals surface area contributed by atoms with Crippen molar-refractivity contribution in [3.8, 4) is 0 Å². The largest absolute Gasteiger partial charge is 0.340 e. The molecule has 0 radical (unpaired) electrons. The van der Waals surface area contributed by atoms with Crippen molar-refractivity contribution in [2.45, 2.75) is 19.8 Å². The van der Waals surface area contributed by atoms with Crippen LogP contribution in [0.1, 0.15) is 19.2 Å². The lowest BCUT2D eigenvalue weighted by molar-refractivity contribution is 0.735. The molecular weight excluding hydrogens is 306 g/mol. The fourth-order valence-corrected chi connectivity index (χ4v) is 2.64. The third-order valence-electron chi connectivity index (χ3n) is 3.76. The number of nitrogens with one attached hydrogen (secondary N) is 2. The first-order valence-corrected chi connectivity index (χ1v) is 7.69. The number of anilines is 1. The summed E-state index contributed by atoms with van der Waals surface area (Å²) in [6.07, 6.45) is 4.49. The maximum atomic E-state index is 12.9. The van der Waals surface area contributed by atoms with Crippen LogP contribution in [0.3, 0.4) is 0 Å². The number of imidazole rings is 1. The summed E-state index contributed by atoms with van der Waals surface area (Å²) in [6.45, 7) is 2.05. The number of aromatic amines is 1. The number of hydrogen-bond donors (Lipinski definition) is 2. The van der Waals surface area contributed by atoms with Gasteiger partial charge in [-0.05, 0) is 18.6 Å². The molecular formula is C16H15N7O. The quantitative estimate of drug-likeness (QED) is 0.595. The SMILES string of the molecule is CCCc1nc2ccccc2c(=O)n1Nc1ncnc2nc[nH]c12. The second-order valence-corrected chi connectivity index (χ2v) is 5.37. The standard InChI is InChI=1S/C16H15N7O/c1-2-5-12-21-11-7-4-3-6-10(11)16(24)23(12)22-15-13-14(18-8-17-13)19-9-20-15/h3-4,6-9H,2,5H2,1H3,(H2,17,18,19,20,22). The molecule has 0 bridgehead atoms. The molecule has 1 aromatic carbocycles. The number of rotatable bonds is 4. The van der Waals surface area contributed by atoms with Gasteiger partial charge in [0.25, 0.3) is 5.56 Å². The second-order valence-electron chi connectivity index (χ2n) is 5.37. The number of H-pyrrole nitrogens is 1. The maximum Gasteiger partial charge on any atom is 0.280 e. The minimum absolute atomic E-state index is 0.157. The number of fused-ring (bicyclic) bond motifs is 2. The minimum Gasteiger partial charge on any atom is -0.340 e. The molecule has 0 aliphatic carbocycles. The first kappa shape index (κ1) is 14.3. The number of nitrogens with zero attached hydrogens (tertiary/aromatic N) is 5. The van der Waals surface area contributed by atoms with Gasteiger partial charge in [0.05, 0.1) is 17.2 Å². The lowest BCUT2D eigenvalue weighted by atomic mass is 10.2. The summed E-state index contributed by atoms with van der Waals surface area (Å²) in [5.41, 5.74) is 4.77. The average molecular weight is 321 g/mol. The van der Waals surface area contributed by atoms with Crippen molar-refractivity contribution in [1.82, 2.24) is 29.6 Å². The van der Waals surface area contributed by atoms with Gasteiger partial charge in [-0.3, -0.25) is 10.2 Å². The van der Waals surface area contributed by atoms with Gasteiger partial charge >= 0.3 is 0 Å². The summed E-state index contributed by atoms with van der Waals surface area (Å²) in [5, 5.41) is 0.555. The fraction of sp³-hybridized carbons (Fsp3) is 0.188. The molecule has 24 heavy (non-hydrogen) atoms. The molecule has 0 aliphatic rings. The smallest absolute Gasteiger partial charge is 0.280 e. The van der Waals surface area contributed by atoms with E-state index in [4.69, 9.17) is 0 Å². The van der Waals surface area contributed by atoms with Crippen LogP contribution in [0, 0.1) is 0 Å². The zero-order chi connectivity index (χ0) is 16.5. The Morgan fingerprint density at radius 3 is 2.96 bits per heavy atom. The molecule has 0 saturated carbocycles. The highest BCUT2D eigenvalue weighted by molar-refractivity contribution is 5.82. The molecule has 3 aromatic heterocycles. The first-order valence-electron chi connectivity index (χ1n) is 7.69. The summed E-state index contributed by atoms with van der Waals surface area (Å²) in [7, 11) is 0. The van der Waals surface area contributed by atoms with Crippen LogP contribution < -0.4 is 11.0 Å². The van der Waals surface area contributed by atoms with Crippen LogP contribution in [0.5, 0.6) is 0 Å². The van der Waals surface area contributed by atoms with Crippen molar-refractivity contribution in [1.29, 1.82) is 0 Å². The molecule has 0 unspecified atom stereocenters. The number of aryl methyl sites for hydroxylation is 1. The minimum atomic E-state index is -0.157. The van der Waals surface area contributed by atoms with Gasteiger partial charge < -0.3 is 4.98 Å².